The number of benzene rings is 1. The first kappa shape index (κ1) is 20.6. The van der Waals surface area contributed by atoms with Crippen molar-refractivity contribution in [2.75, 3.05) is 20.8 Å². The predicted octanol–water partition coefficient (Wildman–Crippen LogP) is 1.33. The summed E-state index contributed by atoms with van der Waals surface area (Å²) in [4.78, 5) is 42.2. The highest BCUT2D eigenvalue weighted by Gasteiger charge is 2.39. The second-order valence-electron chi connectivity index (χ2n) is 6.35. The molecule has 10 heteroatoms. The number of methoxy groups -OCH3 is 2. The van der Waals surface area contributed by atoms with Crippen LogP contribution in [0.25, 0.3) is 0 Å². The van der Waals surface area contributed by atoms with E-state index in [1.165, 1.54) is 25.6 Å². The Bertz CT molecular complexity index is 887. The maximum absolute atomic E-state index is 12.6. The number of thiazole rings is 1. The van der Waals surface area contributed by atoms with Crippen LogP contribution >= 0.6 is 11.3 Å². The van der Waals surface area contributed by atoms with E-state index < -0.39 is 18.0 Å². The van der Waals surface area contributed by atoms with Gasteiger partial charge in [-0.15, -0.1) is 11.3 Å². The van der Waals surface area contributed by atoms with Crippen molar-refractivity contribution in [3.8, 4) is 11.5 Å². The summed E-state index contributed by atoms with van der Waals surface area (Å²) in [5, 5.41) is 8.12. The molecule has 2 heterocycles. The molecule has 0 aliphatic carbocycles. The minimum atomic E-state index is -0.873. The van der Waals surface area contributed by atoms with E-state index in [0.717, 1.165) is 9.91 Å². The Labute approximate surface area is 172 Å². The van der Waals surface area contributed by atoms with Crippen LogP contribution in [0.5, 0.6) is 11.5 Å². The zero-order valence-electron chi connectivity index (χ0n) is 16.1. The summed E-state index contributed by atoms with van der Waals surface area (Å²) >= 11 is 1.52. The van der Waals surface area contributed by atoms with Gasteiger partial charge < -0.3 is 20.1 Å². The van der Waals surface area contributed by atoms with E-state index in [0.29, 0.717) is 30.0 Å². The molecule has 1 aromatic heterocycles. The lowest BCUT2D eigenvalue weighted by Gasteiger charge is -2.15. The third kappa shape index (κ3) is 5.02. The fourth-order valence-corrected chi connectivity index (χ4v) is 3.59. The topological polar surface area (TPSA) is 110 Å². The zero-order chi connectivity index (χ0) is 20.8. The Morgan fingerprint density at radius 1 is 1.28 bits per heavy atom. The van der Waals surface area contributed by atoms with Crippen LogP contribution in [0.2, 0.25) is 0 Å². The van der Waals surface area contributed by atoms with E-state index >= 15 is 0 Å². The molecule has 1 atom stereocenters. The summed E-state index contributed by atoms with van der Waals surface area (Å²) in [6.45, 7) is 0.504. The summed E-state index contributed by atoms with van der Waals surface area (Å²) in [5.41, 5.74) is 0.708. The second-order valence-corrected chi connectivity index (χ2v) is 7.32. The number of nitrogens with zero attached hydrogens (tertiary/aromatic N) is 2. The van der Waals surface area contributed by atoms with E-state index in [1.807, 2.05) is 5.38 Å². The molecular weight excluding hydrogens is 396 g/mol. The van der Waals surface area contributed by atoms with Crippen molar-refractivity contribution in [2.24, 2.45) is 0 Å². The first-order valence-electron chi connectivity index (χ1n) is 8.99. The maximum atomic E-state index is 12.6. The van der Waals surface area contributed by atoms with E-state index in [-0.39, 0.29) is 18.9 Å². The van der Waals surface area contributed by atoms with Crippen molar-refractivity contribution < 1.29 is 23.9 Å². The number of imide groups is 1. The number of carbonyl (C=O) groups is 3. The summed E-state index contributed by atoms with van der Waals surface area (Å²) in [6.07, 6.45) is 2.23. The van der Waals surface area contributed by atoms with Gasteiger partial charge in [0, 0.05) is 24.5 Å². The number of ether oxygens (including phenoxy) is 2. The highest BCUT2D eigenvalue weighted by molar-refractivity contribution is 7.09. The second kappa shape index (κ2) is 9.37. The Hall–Kier alpha value is -3.14. The molecule has 0 spiro atoms. The molecule has 29 heavy (non-hydrogen) atoms. The van der Waals surface area contributed by atoms with Crippen molar-refractivity contribution in [1.82, 2.24) is 20.5 Å². The maximum Gasteiger partial charge on any atom is 0.325 e. The van der Waals surface area contributed by atoms with Crippen molar-refractivity contribution in [3.63, 3.8) is 0 Å². The van der Waals surface area contributed by atoms with Crippen molar-refractivity contribution in [1.29, 1.82) is 0 Å². The molecule has 0 bridgehead atoms. The molecule has 1 saturated heterocycles. The summed E-state index contributed by atoms with van der Waals surface area (Å²) in [6, 6.07) is 3.77. The van der Waals surface area contributed by atoms with E-state index in [2.05, 4.69) is 15.6 Å². The molecule has 2 aromatic rings. The first-order valence-corrected chi connectivity index (χ1v) is 9.87. The number of urea groups is 1. The van der Waals surface area contributed by atoms with Crippen LogP contribution < -0.4 is 20.1 Å². The standard InChI is InChI=1S/C19H22N4O5S/c1-27-14-4-3-12(9-15(14)28-2)11-23-18(25)13(22-19(23)26)10-16(24)20-6-5-17-21-7-8-29-17/h3-4,7-9,13H,5-6,10-11H2,1-2H3,(H,20,24)(H,22,26)/t13-/m0/s1. The van der Waals surface area contributed by atoms with Gasteiger partial charge in [-0.1, -0.05) is 6.07 Å². The average Bonchev–Trinajstić information content (AvgIpc) is 3.32. The van der Waals surface area contributed by atoms with Gasteiger partial charge in [-0.3, -0.25) is 14.5 Å². The van der Waals surface area contributed by atoms with Crippen molar-refractivity contribution >= 4 is 29.2 Å². The average molecular weight is 418 g/mol. The van der Waals surface area contributed by atoms with Gasteiger partial charge in [-0.2, -0.15) is 0 Å². The largest absolute Gasteiger partial charge is 0.493 e. The van der Waals surface area contributed by atoms with Gasteiger partial charge in [0.25, 0.3) is 5.91 Å². The molecule has 0 unspecified atom stereocenters. The lowest BCUT2D eigenvalue weighted by atomic mass is 10.1. The third-order valence-electron chi connectivity index (χ3n) is 4.43. The van der Waals surface area contributed by atoms with Crippen LogP contribution in [0.15, 0.2) is 29.8 Å². The Morgan fingerprint density at radius 2 is 2.07 bits per heavy atom. The van der Waals surface area contributed by atoms with Crippen LogP contribution in [-0.2, 0) is 22.6 Å². The number of aromatic nitrogens is 1. The van der Waals surface area contributed by atoms with Crippen LogP contribution in [0.3, 0.4) is 0 Å². The number of hydrogen-bond acceptors (Lipinski definition) is 7. The van der Waals surface area contributed by atoms with Gasteiger partial charge in [0.2, 0.25) is 5.91 Å². The van der Waals surface area contributed by atoms with Gasteiger partial charge in [0.1, 0.15) is 6.04 Å². The normalized spacial score (nSPS) is 15.9. The molecule has 1 fully saturated rings. The molecule has 154 valence electrons. The number of rotatable bonds is 9. The molecule has 1 aliphatic rings. The van der Waals surface area contributed by atoms with Crippen molar-refractivity contribution in [3.05, 3.63) is 40.3 Å². The predicted molar refractivity (Wildman–Crippen MR) is 106 cm³/mol. The number of carbonyl (C=O) groups excluding carboxylic acids is 3. The van der Waals surface area contributed by atoms with Crippen molar-refractivity contribution in [2.45, 2.75) is 25.4 Å². The minimum absolute atomic E-state index is 0.0766. The molecule has 9 nitrogen and oxygen atoms in total. The molecular formula is C19H22N4O5S. The van der Waals surface area contributed by atoms with E-state index in [9.17, 15) is 14.4 Å². The fourth-order valence-electron chi connectivity index (χ4n) is 2.97. The minimum Gasteiger partial charge on any atom is -0.493 e. The van der Waals surface area contributed by atoms with Gasteiger partial charge in [-0.25, -0.2) is 9.78 Å². The molecule has 0 saturated carbocycles. The lowest BCUT2D eigenvalue weighted by molar-refractivity contribution is -0.131. The highest BCUT2D eigenvalue weighted by atomic mass is 32.1. The number of amides is 4. The summed E-state index contributed by atoms with van der Waals surface area (Å²) in [5.74, 6) is 0.335. The smallest absolute Gasteiger partial charge is 0.325 e. The fraction of sp³-hybridized carbons (Fsp3) is 0.368. The van der Waals surface area contributed by atoms with Gasteiger partial charge in [0.05, 0.1) is 32.2 Å². The van der Waals surface area contributed by atoms with Gasteiger partial charge >= 0.3 is 6.03 Å². The third-order valence-corrected chi connectivity index (χ3v) is 5.27. The summed E-state index contributed by atoms with van der Waals surface area (Å²) in [7, 11) is 3.04. The molecule has 4 amide bonds. The van der Waals surface area contributed by atoms with Crippen LogP contribution in [0.1, 0.15) is 17.0 Å². The van der Waals surface area contributed by atoms with E-state index in [4.69, 9.17) is 9.47 Å². The Balaban J connectivity index is 1.54. The SMILES string of the molecule is COc1ccc(CN2C(=O)N[C@@H](CC(=O)NCCc3nccs3)C2=O)cc1OC. The lowest BCUT2D eigenvalue weighted by Crippen LogP contribution is -2.37. The highest BCUT2D eigenvalue weighted by Crippen LogP contribution is 2.28. The summed E-state index contributed by atoms with van der Waals surface area (Å²) < 4.78 is 10.4. The van der Waals surface area contributed by atoms with Gasteiger partial charge in [-0.05, 0) is 17.7 Å². The van der Waals surface area contributed by atoms with Crippen LogP contribution in [-0.4, -0.2) is 54.5 Å². The monoisotopic (exact) mass is 418 g/mol. The molecule has 3 rings (SSSR count). The van der Waals surface area contributed by atoms with Crippen LogP contribution in [0, 0.1) is 0 Å². The number of nitrogens with one attached hydrogen (secondary N) is 2. The molecule has 1 aliphatic heterocycles. The Kier molecular flexibility index (Phi) is 6.65. The van der Waals surface area contributed by atoms with Gasteiger partial charge in [0.15, 0.2) is 11.5 Å². The quantitative estimate of drug-likeness (QED) is 0.595. The Morgan fingerprint density at radius 3 is 2.76 bits per heavy atom. The molecule has 2 N–H and O–H groups in total. The molecule has 1 aromatic carbocycles. The van der Waals surface area contributed by atoms with E-state index in [1.54, 1.807) is 24.4 Å². The molecule has 0 radical (unpaired) electrons. The first-order chi connectivity index (χ1) is 14.0. The number of hydrogen-bond donors (Lipinski definition) is 2. The zero-order valence-corrected chi connectivity index (χ0v) is 17.0. The van der Waals surface area contributed by atoms with Crippen LogP contribution in [0.4, 0.5) is 4.79 Å².